The average Bonchev–Trinajstić information content (AvgIpc) is 3.05. The van der Waals surface area contributed by atoms with Crippen LogP contribution in [0.1, 0.15) is 42.5 Å². The molecule has 0 unspecified atom stereocenters. The highest BCUT2D eigenvalue weighted by Gasteiger charge is 2.21. The molecule has 0 radical (unpaired) electrons. The van der Waals surface area contributed by atoms with E-state index in [0.29, 0.717) is 18.2 Å². The van der Waals surface area contributed by atoms with E-state index in [4.69, 9.17) is 4.74 Å². The van der Waals surface area contributed by atoms with Crippen LogP contribution in [0, 0.1) is 5.92 Å². The summed E-state index contributed by atoms with van der Waals surface area (Å²) in [4.78, 5) is 12.0. The van der Waals surface area contributed by atoms with Crippen molar-refractivity contribution in [2.75, 3.05) is 6.61 Å². The van der Waals surface area contributed by atoms with Gasteiger partial charge in [-0.3, -0.25) is 0 Å². The van der Waals surface area contributed by atoms with Crippen LogP contribution in [0.25, 0.3) is 0 Å². The van der Waals surface area contributed by atoms with E-state index >= 15 is 0 Å². The standard InChI is InChI=1S/C15H21N3O2S/c1-4-20-15(19)14-13(9-11(2)3)18(17-16-14)7-5-12-6-8-21-10-12/h6,8,10-11H,4-5,7,9H2,1-3H3. The van der Waals surface area contributed by atoms with Crippen LogP contribution in [0.4, 0.5) is 0 Å². The second-order valence-corrected chi connectivity index (χ2v) is 6.09. The first-order chi connectivity index (χ1) is 10.1. The highest BCUT2D eigenvalue weighted by Crippen LogP contribution is 2.15. The Morgan fingerprint density at radius 3 is 2.90 bits per heavy atom. The molecule has 2 rings (SSSR count). The SMILES string of the molecule is CCOC(=O)c1nnn(CCc2ccsc2)c1CC(C)C. The van der Waals surface area contributed by atoms with E-state index < -0.39 is 0 Å². The van der Waals surface area contributed by atoms with Crippen LogP contribution in [0.5, 0.6) is 0 Å². The van der Waals surface area contributed by atoms with Gasteiger partial charge in [0.05, 0.1) is 12.3 Å². The first kappa shape index (κ1) is 15.7. The largest absolute Gasteiger partial charge is 0.461 e. The van der Waals surface area contributed by atoms with Gasteiger partial charge in [0.15, 0.2) is 5.69 Å². The van der Waals surface area contributed by atoms with Gasteiger partial charge in [-0.2, -0.15) is 11.3 Å². The Labute approximate surface area is 128 Å². The van der Waals surface area contributed by atoms with E-state index in [2.05, 4.69) is 41.0 Å². The molecule has 0 aliphatic rings. The number of carbonyl (C=O) groups is 1. The van der Waals surface area contributed by atoms with E-state index in [9.17, 15) is 4.79 Å². The van der Waals surface area contributed by atoms with Crippen molar-refractivity contribution < 1.29 is 9.53 Å². The van der Waals surface area contributed by atoms with Crippen LogP contribution in [0.2, 0.25) is 0 Å². The minimum atomic E-state index is -0.380. The normalized spacial score (nSPS) is 11.0. The molecule has 0 saturated heterocycles. The number of thiophene rings is 1. The van der Waals surface area contributed by atoms with Crippen LogP contribution >= 0.6 is 11.3 Å². The van der Waals surface area contributed by atoms with Gasteiger partial charge in [-0.25, -0.2) is 9.48 Å². The van der Waals surface area contributed by atoms with E-state index in [0.717, 1.165) is 25.1 Å². The number of esters is 1. The Kier molecular flexibility index (Phi) is 5.50. The van der Waals surface area contributed by atoms with Crippen molar-refractivity contribution >= 4 is 17.3 Å². The maximum atomic E-state index is 12.0. The molecular formula is C15H21N3O2S. The van der Waals surface area contributed by atoms with Crippen molar-refractivity contribution in [3.05, 3.63) is 33.8 Å². The number of ether oxygens (including phenoxy) is 1. The molecule has 21 heavy (non-hydrogen) atoms. The number of hydrogen-bond acceptors (Lipinski definition) is 5. The molecule has 2 heterocycles. The summed E-state index contributed by atoms with van der Waals surface area (Å²) in [6.07, 6.45) is 1.66. The molecule has 0 atom stereocenters. The minimum Gasteiger partial charge on any atom is -0.461 e. The molecule has 0 saturated carbocycles. The third kappa shape index (κ3) is 4.14. The van der Waals surface area contributed by atoms with Gasteiger partial charge in [-0.05, 0) is 48.1 Å². The molecule has 0 aliphatic heterocycles. The second kappa shape index (κ2) is 7.36. The third-order valence-corrected chi connectivity index (χ3v) is 3.83. The van der Waals surface area contributed by atoms with Crippen LogP contribution < -0.4 is 0 Å². The zero-order chi connectivity index (χ0) is 15.2. The van der Waals surface area contributed by atoms with Crippen LogP contribution in [0.15, 0.2) is 16.8 Å². The summed E-state index contributed by atoms with van der Waals surface area (Å²) in [6, 6.07) is 2.11. The third-order valence-electron chi connectivity index (χ3n) is 3.10. The molecule has 2 aromatic rings. The van der Waals surface area contributed by atoms with E-state index in [1.165, 1.54) is 5.56 Å². The fraction of sp³-hybridized carbons (Fsp3) is 0.533. The smallest absolute Gasteiger partial charge is 0.360 e. The molecular weight excluding hydrogens is 286 g/mol. The summed E-state index contributed by atoms with van der Waals surface area (Å²) in [5.74, 6) is 0.0477. The number of aromatic nitrogens is 3. The van der Waals surface area contributed by atoms with Gasteiger partial charge >= 0.3 is 5.97 Å². The van der Waals surface area contributed by atoms with Gasteiger partial charge in [-0.1, -0.05) is 19.1 Å². The van der Waals surface area contributed by atoms with Crippen molar-refractivity contribution in [3.8, 4) is 0 Å². The highest BCUT2D eigenvalue weighted by molar-refractivity contribution is 7.07. The number of hydrogen-bond donors (Lipinski definition) is 0. The number of nitrogens with zero attached hydrogens (tertiary/aromatic N) is 3. The summed E-state index contributed by atoms with van der Waals surface area (Å²) in [7, 11) is 0. The van der Waals surface area contributed by atoms with Crippen LogP contribution in [0.3, 0.4) is 0 Å². The number of rotatable bonds is 7. The molecule has 0 aliphatic carbocycles. The first-order valence-electron chi connectivity index (χ1n) is 7.22. The first-order valence-corrected chi connectivity index (χ1v) is 8.16. The van der Waals surface area contributed by atoms with Gasteiger partial charge in [0.1, 0.15) is 0 Å². The van der Waals surface area contributed by atoms with Gasteiger partial charge in [0.2, 0.25) is 0 Å². The van der Waals surface area contributed by atoms with Crippen LogP contribution in [-0.2, 0) is 24.1 Å². The number of carbonyl (C=O) groups excluding carboxylic acids is 1. The molecule has 0 N–H and O–H groups in total. The molecule has 6 heteroatoms. The van der Waals surface area contributed by atoms with Crippen molar-refractivity contribution in [1.82, 2.24) is 15.0 Å². The van der Waals surface area contributed by atoms with E-state index in [1.54, 1.807) is 18.3 Å². The molecule has 0 spiro atoms. The lowest BCUT2D eigenvalue weighted by Crippen LogP contribution is -2.14. The lowest BCUT2D eigenvalue weighted by molar-refractivity contribution is 0.0517. The summed E-state index contributed by atoms with van der Waals surface area (Å²) in [5, 5.41) is 12.4. The molecule has 5 nitrogen and oxygen atoms in total. The summed E-state index contributed by atoms with van der Waals surface area (Å²) < 4.78 is 6.90. The monoisotopic (exact) mass is 307 g/mol. The molecule has 2 aromatic heterocycles. The lowest BCUT2D eigenvalue weighted by atomic mass is 10.1. The zero-order valence-corrected chi connectivity index (χ0v) is 13.5. The van der Waals surface area contributed by atoms with Crippen molar-refractivity contribution in [1.29, 1.82) is 0 Å². The fourth-order valence-electron chi connectivity index (χ4n) is 2.13. The summed E-state index contributed by atoms with van der Waals surface area (Å²) >= 11 is 1.69. The molecule has 0 amide bonds. The zero-order valence-electron chi connectivity index (χ0n) is 12.7. The van der Waals surface area contributed by atoms with Crippen molar-refractivity contribution in [3.63, 3.8) is 0 Å². The predicted molar refractivity (Wildman–Crippen MR) is 82.5 cm³/mol. The Balaban J connectivity index is 2.17. The maximum absolute atomic E-state index is 12.0. The number of aryl methyl sites for hydroxylation is 2. The van der Waals surface area contributed by atoms with Crippen molar-refractivity contribution in [2.45, 2.75) is 40.2 Å². The Bertz CT molecular complexity index is 576. The summed E-state index contributed by atoms with van der Waals surface area (Å²) in [6.45, 7) is 7.10. The highest BCUT2D eigenvalue weighted by atomic mass is 32.1. The van der Waals surface area contributed by atoms with Crippen LogP contribution in [-0.4, -0.2) is 27.6 Å². The Hall–Kier alpha value is -1.69. The second-order valence-electron chi connectivity index (χ2n) is 5.31. The van der Waals surface area contributed by atoms with Crippen molar-refractivity contribution in [2.24, 2.45) is 5.92 Å². The molecule has 114 valence electrons. The van der Waals surface area contributed by atoms with Gasteiger partial charge in [0, 0.05) is 6.54 Å². The summed E-state index contributed by atoms with van der Waals surface area (Å²) in [5.41, 5.74) is 2.51. The quantitative estimate of drug-likeness (QED) is 0.738. The van der Waals surface area contributed by atoms with Gasteiger partial charge < -0.3 is 4.74 Å². The Morgan fingerprint density at radius 1 is 1.48 bits per heavy atom. The fourth-order valence-corrected chi connectivity index (χ4v) is 2.83. The molecule has 0 bridgehead atoms. The van der Waals surface area contributed by atoms with E-state index in [1.807, 2.05) is 4.68 Å². The maximum Gasteiger partial charge on any atom is 0.360 e. The predicted octanol–water partition coefficient (Wildman–Crippen LogP) is 2.96. The lowest BCUT2D eigenvalue weighted by Gasteiger charge is -2.09. The topological polar surface area (TPSA) is 57.0 Å². The van der Waals surface area contributed by atoms with E-state index in [-0.39, 0.29) is 5.97 Å². The molecule has 0 aromatic carbocycles. The van der Waals surface area contributed by atoms with Gasteiger partial charge in [-0.15, -0.1) is 5.10 Å². The van der Waals surface area contributed by atoms with Gasteiger partial charge in [0.25, 0.3) is 0 Å². The molecule has 0 fully saturated rings. The Morgan fingerprint density at radius 2 is 2.29 bits per heavy atom. The average molecular weight is 307 g/mol. The minimum absolute atomic E-state index is 0.349.